The van der Waals surface area contributed by atoms with Gasteiger partial charge in [-0.2, -0.15) is 0 Å². The van der Waals surface area contributed by atoms with Gasteiger partial charge in [-0.25, -0.2) is 0 Å². The highest BCUT2D eigenvalue weighted by Crippen LogP contribution is 2.37. The van der Waals surface area contributed by atoms with E-state index in [1.807, 2.05) is 42.5 Å². The van der Waals surface area contributed by atoms with E-state index in [-0.39, 0.29) is 11.2 Å². The Morgan fingerprint density at radius 1 is 1.03 bits per heavy atom. The number of halogens is 1. The topological polar surface area (TPSA) is 86.7 Å². The molecule has 3 N–H and O–H groups in total. The van der Waals surface area contributed by atoms with E-state index in [0.717, 1.165) is 51.5 Å². The zero-order chi connectivity index (χ0) is 23.4. The fraction of sp³-hybridized carbons (Fsp3) is 0.269. The smallest absolute Gasteiger partial charge is 0.235 e. The molecule has 0 atom stereocenters. The summed E-state index contributed by atoms with van der Waals surface area (Å²) < 4.78 is 18.2. The van der Waals surface area contributed by atoms with E-state index in [1.165, 1.54) is 7.11 Å². The van der Waals surface area contributed by atoms with E-state index in [9.17, 15) is 4.79 Å². The molecular weight excluding hydrogens is 484 g/mol. The van der Waals surface area contributed by atoms with Gasteiger partial charge in [0.05, 0.1) is 24.1 Å². The quantitative estimate of drug-likeness (QED) is 0.300. The molecule has 0 spiro atoms. The molecule has 1 aromatic heterocycles. The van der Waals surface area contributed by atoms with Crippen molar-refractivity contribution < 1.29 is 13.9 Å². The summed E-state index contributed by atoms with van der Waals surface area (Å²) in [6, 6.07) is 15.4. The molecule has 0 aliphatic rings. The van der Waals surface area contributed by atoms with Gasteiger partial charge in [-0.3, -0.25) is 4.79 Å². The predicted molar refractivity (Wildman–Crippen MR) is 136 cm³/mol. The Bertz CT molecular complexity index is 1350. The molecule has 0 saturated heterocycles. The van der Waals surface area contributed by atoms with Crippen molar-refractivity contribution in [1.82, 2.24) is 5.32 Å². The molecule has 0 radical (unpaired) electrons. The number of methoxy groups -OCH3 is 2. The van der Waals surface area contributed by atoms with Crippen LogP contribution in [0.15, 0.2) is 62.2 Å². The first-order chi connectivity index (χ1) is 16.1. The normalized spacial score (nSPS) is 11.3. The number of para-hydroxylation sites is 1. The fourth-order valence-electron chi connectivity index (χ4n) is 3.96. The van der Waals surface area contributed by atoms with Crippen molar-refractivity contribution in [2.45, 2.75) is 19.4 Å². The highest BCUT2D eigenvalue weighted by molar-refractivity contribution is 9.10. The molecule has 0 aliphatic carbocycles. The number of rotatable bonds is 9. The van der Waals surface area contributed by atoms with E-state index >= 15 is 0 Å². The lowest BCUT2D eigenvalue weighted by Crippen LogP contribution is -2.16. The number of benzene rings is 3. The first-order valence-electron chi connectivity index (χ1n) is 10.9. The molecule has 172 valence electrons. The molecule has 33 heavy (non-hydrogen) atoms. The summed E-state index contributed by atoms with van der Waals surface area (Å²) in [7, 11) is 3.13. The second-order valence-electron chi connectivity index (χ2n) is 7.78. The average Bonchev–Trinajstić information content (AvgIpc) is 2.84. The van der Waals surface area contributed by atoms with Gasteiger partial charge >= 0.3 is 0 Å². The van der Waals surface area contributed by atoms with Crippen LogP contribution >= 0.6 is 15.9 Å². The molecule has 0 fully saturated rings. The molecule has 6 nitrogen and oxygen atoms in total. The van der Waals surface area contributed by atoms with Crippen LogP contribution in [0.25, 0.3) is 33.1 Å². The maximum absolute atomic E-state index is 13.3. The Hall–Kier alpha value is -2.87. The van der Waals surface area contributed by atoms with Gasteiger partial charge in [-0.05, 0) is 70.8 Å². The third-order valence-corrected chi connectivity index (χ3v) is 6.50. The third kappa shape index (κ3) is 4.62. The maximum Gasteiger partial charge on any atom is 0.235 e. The Labute approximate surface area is 200 Å². The molecule has 0 amide bonds. The van der Waals surface area contributed by atoms with E-state index in [0.29, 0.717) is 29.8 Å². The zero-order valence-electron chi connectivity index (χ0n) is 18.7. The van der Waals surface area contributed by atoms with Crippen LogP contribution in [0.2, 0.25) is 0 Å². The SMILES string of the molecule is COc1ccc2cc(-c3oc4c(CNCCCCN)cccc4c(=O)c3OC)ccc2c1Br. The maximum atomic E-state index is 13.3. The summed E-state index contributed by atoms with van der Waals surface area (Å²) in [6.07, 6.45) is 1.98. The highest BCUT2D eigenvalue weighted by atomic mass is 79.9. The van der Waals surface area contributed by atoms with Crippen molar-refractivity contribution in [3.8, 4) is 22.8 Å². The Kier molecular flexibility index (Phi) is 7.33. The van der Waals surface area contributed by atoms with Gasteiger partial charge in [0, 0.05) is 17.7 Å². The van der Waals surface area contributed by atoms with E-state index in [2.05, 4.69) is 21.2 Å². The van der Waals surface area contributed by atoms with Crippen LogP contribution in [-0.2, 0) is 6.54 Å². The van der Waals surface area contributed by atoms with Gasteiger partial charge in [0.1, 0.15) is 11.3 Å². The molecule has 4 aromatic rings. The van der Waals surface area contributed by atoms with E-state index < -0.39 is 0 Å². The minimum Gasteiger partial charge on any atom is -0.496 e. The van der Waals surface area contributed by atoms with Crippen LogP contribution in [0.5, 0.6) is 11.5 Å². The first kappa shape index (κ1) is 23.3. The Morgan fingerprint density at radius 3 is 2.64 bits per heavy atom. The molecule has 7 heteroatoms. The third-order valence-electron chi connectivity index (χ3n) is 5.69. The Morgan fingerprint density at radius 2 is 1.88 bits per heavy atom. The largest absolute Gasteiger partial charge is 0.496 e. The summed E-state index contributed by atoms with van der Waals surface area (Å²) in [5.41, 5.74) is 7.65. The number of ether oxygens (including phenoxy) is 2. The summed E-state index contributed by atoms with van der Waals surface area (Å²) in [5.74, 6) is 1.37. The lowest BCUT2D eigenvalue weighted by atomic mass is 10.0. The lowest BCUT2D eigenvalue weighted by Gasteiger charge is -2.13. The predicted octanol–water partition coefficient (Wildman–Crippen LogP) is 5.22. The number of unbranched alkanes of at least 4 members (excludes halogenated alkanes) is 1. The number of nitrogens with one attached hydrogen (secondary N) is 1. The zero-order valence-corrected chi connectivity index (χ0v) is 20.3. The van der Waals surface area contributed by atoms with Crippen molar-refractivity contribution in [3.63, 3.8) is 0 Å². The minimum atomic E-state index is -0.185. The second-order valence-corrected chi connectivity index (χ2v) is 8.57. The summed E-state index contributed by atoms with van der Waals surface area (Å²) in [5, 5.41) is 5.90. The number of nitrogens with two attached hydrogens (primary N) is 1. The molecule has 0 unspecified atom stereocenters. The van der Waals surface area contributed by atoms with Gasteiger partial charge in [0.2, 0.25) is 11.2 Å². The summed E-state index contributed by atoms with van der Waals surface area (Å²) in [4.78, 5) is 13.3. The summed E-state index contributed by atoms with van der Waals surface area (Å²) >= 11 is 3.61. The van der Waals surface area contributed by atoms with Gasteiger partial charge in [-0.15, -0.1) is 0 Å². The van der Waals surface area contributed by atoms with Gasteiger partial charge in [-0.1, -0.05) is 30.3 Å². The van der Waals surface area contributed by atoms with Crippen molar-refractivity contribution in [1.29, 1.82) is 0 Å². The average molecular weight is 511 g/mol. The number of hydrogen-bond acceptors (Lipinski definition) is 6. The number of fused-ring (bicyclic) bond motifs is 2. The van der Waals surface area contributed by atoms with Gasteiger partial charge in [0.25, 0.3) is 0 Å². The van der Waals surface area contributed by atoms with Crippen LogP contribution in [0.4, 0.5) is 0 Å². The first-order valence-corrected chi connectivity index (χ1v) is 11.7. The molecule has 4 rings (SSSR count). The van der Waals surface area contributed by atoms with Crippen molar-refractivity contribution in [2.75, 3.05) is 27.3 Å². The highest BCUT2D eigenvalue weighted by Gasteiger charge is 2.19. The standard InChI is InChI=1S/C26H27BrN2O4/c1-31-21-11-9-16-14-17(8-10-19(16)22(21)27)25-26(32-2)23(30)20-7-5-6-18(24(20)33-25)15-29-13-4-3-12-28/h5-11,14,29H,3-4,12-13,15,28H2,1-2H3. The van der Waals surface area contributed by atoms with E-state index in [1.54, 1.807) is 13.2 Å². The summed E-state index contributed by atoms with van der Waals surface area (Å²) in [6.45, 7) is 2.13. The molecule has 3 aromatic carbocycles. The Balaban J connectivity index is 1.81. The molecular formula is C26H27BrN2O4. The molecule has 0 bridgehead atoms. The van der Waals surface area contributed by atoms with Crippen molar-refractivity contribution in [2.24, 2.45) is 5.73 Å². The van der Waals surface area contributed by atoms with E-state index in [4.69, 9.17) is 19.6 Å². The van der Waals surface area contributed by atoms with Crippen LogP contribution in [0, 0.1) is 0 Å². The lowest BCUT2D eigenvalue weighted by molar-refractivity contribution is 0.398. The monoisotopic (exact) mass is 510 g/mol. The molecule has 1 heterocycles. The molecule has 0 aliphatic heterocycles. The number of hydrogen-bond donors (Lipinski definition) is 2. The van der Waals surface area contributed by atoms with Gasteiger partial charge in [0.15, 0.2) is 5.76 Å². The second kappa shape index (κ2) is 10.4. The van der Waals surface area contributed by atoms with Crippen LogP contribution in [0.1, 0.15) is 18.4 Å². The van der Waals surface area contributed by atoms with Gasteiger partial charge < -0.3 is 24.9 Å². The van der Waals surface area contributed by atoms with Crippen molar-refractivity contribution >= 4 is 37.7 Å². The van der Waals surface area contributed by atoms with Crippen LogP contribution in [-0.4, -0.2) is 27.3 Å². The van der Waals surface area contributed by atoms with Crippen LogP contribution < -0.4 is 26.0 Å². The molecule has 0 saturated carbocycles. The fourth-order valence-corrected chi connectivity index (χ4v) is 4.62. The minimum absolute atomic E-state index is 0.185. The van der Waals surface area contributed by atoms with Crippen LogP contribution in [0.3, 0.4) is 0 Å². The van der Waals surface area contributed by atoms with Crippen molar-refractivity contribution in [3.05, 3.63) is 68.8 Å².